The molecule has 0 spiro atoms. The van der Waals surface area contributed by atoms with Gasteiger partial charge < -0.3 is 10.2 Å². The van der Waals surface area contributed by atoms with E-state index in [2.05, 4.69) is 5.32 Å². The molecular formula is C30H35ClFN3O4S. The van der Waals surface area contributed by atoms with Gasteiger partial charge in [0.25, 0.3) is 0 Å². The lowest BCUT2D eigenvalue weighted by molar-refractivity contribution is -0.140. The number of nitrogens with one attached hydrogen (secondary N) is 1. The molecule has 0 saturated carbocycles. The summed E-state index contributed by atoms with van der Waals surface area (Å²) in [5.41, 5.74) is 2.41. The molecule has 7 nitrogen and oxygen atoms in total. The van der Waals surface area contributed by atoms with Crippen LogP contribution in [0.5, 0.6) is 0 Å². The second kappa shape index (κ2) is 13.8. The molecule has 0 fully saturated rings. The Morgan fingerprint density at radius 2 is 1.65 bits per heavy atom. The van der Waals surface area contributed by atoms with Crippen molar-refractivity contribution in [3.05, 3.63) is 100 Å². The summed E-state index contributed by atoms with van der Waals surface area (Å²) < 4.78 is 40.3. The van der Waals surface area contributed by atoms with Crippen LogP contribution in [0.3, 0.4) is 0 Å². The van der Waals surface area contributed by atoms with Gasteiger partial charge in [-0.05, 0) is 61.2 Å². The average molecular weight is 588 g/mol. The summed E-state index contributed by atoms with van der Waals surface area (Å²) in [6.45, 7) is 5.01. The van der Waals surface area contributed by atoms with Crippen LogP contribution in [-0.2, 0) is 32.6 Å². The molecule has 3 aromatic rings. The molecule has 214 valence electrons. The third kappa shape index (κ3) is 8.53. The van der Waals surface area contributed by atoms with Crippen molar-refractivity contribution in [1.29, 1.82) is 0 Å². The van der Waals surface area contributed by atoms with Crippen LogP contribution in [0.4, 0.5) is 10.1 Å². The highest BCUT2D eigenvalue weighted by Gasteiger charge is 2.33. The summed E-state index contributed by atoms with van der Waals surface area (Å²) in [7, 11) is -3.91. The number of rotatable bonds is 12. The Labute approximate surface area is 241 Å². The zero-order valence-electron chi connectivity index (χ0n) is 23.1. The van der Waals surface area contributed by atoms with Crippen LogP contribution in [0, 0.1) is 12.7 Å². The minimum Gasteiger partial charge on any atom is -0.352 e. The Kier molecular flexibility index (Phi) is 10.7. The number of anilines is 1. The molecule has 0 heterocycles. The normalized spacial score (nSPS) is 12.8. The van der Waals surface area contributed by atoms with E-state index in [-0.39, 0.29) is 30.6 Å². The predicted molar refractivity (Wildman–Crippen MR) is 157 cm³/mol. The lowest BCUT2D eigenvalue weighted by Gasteiger charge is -2.34. The van der Waals surface area contributed by atoms with E-state index in [9.17, 15) is 22.4 Å². The number of hydrogen-bond acceptors (Lipinski definition) is 4. The number of hydrogen-bond donors (Lipinski definition) is 1. The van der Waals surface area contributed by atoms with E-state index in [4.69, 9.17) is 11.6 Å². The fourth-order valence-electron chi connectivity index (χ4n) is 4.13. The summed E-state index contributed by atoms with van der Waals surface area (Å²) >= 11 is 6.27. The Morgan fingerprint density at radius 1 is 1.00 bits per heavy atom. The Hall–Kier alpha value is -3.43. The highest BCUT2D eigenvalue weighted by atomic mass is 35.5. The molecule has 0 aliphatic heterocycles. The van der Waals surface area contributed by atoms with Crippen LogP contribution >= 0.6 is 11.6 Å². The van der Waals surface area contributed by atoms with Crippen molar-refractivity contribution in [3.63, 3.8) is 0 Å². The van der Waals surface area contributed by atoms with Gasteiger partial charge in [0.05, 0.1) is 11.9 Å². The van der Waals surface area contributed by atoms with Crippen molar-refractivity contribution in [2.24, 2.45) is 0 Å². The molecule has 0 unspecified atom stereocenters. The molecule has 0 bridgehead atoms. The first-order chi connectivity index (χ1) is 18.9. The minimum atomic E-state index is -3.91. The summed E-state index contributed by atoms with van der Waals surface area (Å²) in [5.74, 6) is -1.39. The first kappa shape index (κ1) is 31.1. The molecule has 0 aliphatic rings. The second-order valence-electron chi connectivity index (χ2n) is 9.87. The van der Waals surface area contributed by atoms with Crippen molar-refractivity contribution >= 4 is 39.1 Å². The molecule has 0 saturated heterocycles. The van der Waals surface area contributed by atoms with Crippen LogP contribution in [0.1, 0.15) is 37.0 Å². The monoisotopic (exact) mass is 587 g/mol. The zero-order chi connectivity index (χ0) is 29.4. The van der Waals surface area contributed by atoms with Gasteiger partial charge in [-0.2, -0.15) is 0 Å². The Morgan fingerprint density at radius 3 is 2.23 bits per heavy atom. The summed E-state index contributed by atoms with van der Waals surface area (Å²) in [4.78, 5) is 29.0. The summed E-state index contributed by atoms with van der Waals surface area (Å²) in [6.07, 6.45) is 1.90. The van der Waals surface area contributed by atoms with Gasteiger partial charge in [-0.1, -0.05) is 67.1 Å². The van der Waals surface area contributed by atoms with Gasteiger partial charge in [-0.15, -0.1) is 0 Å². The maximum absolute atomic E-state index is 14.0. The number of aryl methyl sites for hydroxylation is 1. The molecule has 2 atom stereocenters. The van der Waals surface area contributed by atoms with Crippen LogP contribution < -0.4 is 9.62 Å². The zero-order valence-corrected chi connectivity index (χ0v) is 24.7. The molecular weight excluding hydrogens is 553 g/mol. The van der Waals surface area contributed by atoms with E-state index in [1.807, 2.05) is 44.2 Å². The van der Waals surface area contributed by atoms with Crippen LogP contribution in [0.25, 0.3) is 0 Å². The van der Waals surface area contributed by atoms with Gasteiger partial charge in [-0.25, -0.2) is 12.8 Å². The SMILES string of the molecule is CC[C@H](C)NC(=O)[C@@H](Cc1ccccc1)N(Cc1ccc(F)cc1)C(=O)CN(c1ccc(C)c(Cl)c1)S(C)(=O)=O. The lowest BCUT2D eigenvalue weighted by Crippen LogP contribution is -2.54. The van der Waals surface area contributed by atoms with Gasteiger partial charge in [0.1, 0.15) is 18.4 Å². The third-order valence-corrected chi connectivity index (χ3v) is 8.21. The fourth-order valence-corrected chi connectivity index (χ4v) is 5.15. The van der Waals surface area contributed by atoms with E-state index in [1.165, 1.54) is 35.2 Å². The average Bonchev–Trinajstić information content (AvgIpc) is 2.91. The summed E-state index contributed by atoms with van der Waals surface area (Å²) in [5, 5.41) is 3.32. The van der Waals surface area contributed by atoms with Crippen molar-refractivity contribution in [2.75, 3.05) is 17.1 Å². The quantitative estimate of drug-likeness (QED) is 0.319. The van der Waals surface area contributed by atoms with E-state index in [0.717, 1.165) is 21.7 Å². The molecule has 3 aromatic carbocycles. The molecule has 2 amide bonds. The molecule has 0 aromatic heterocycles. The molecule has 40 heavy (non-hydrogen) atoms. The van der Waals surface area contributed by atoms with Gasteiger partial charge in [0.15, 0.2) is 0 Å². The van der Waals surface area contributed by atoms with E-state index >= 15 is 0 Å². The van der Waals surface area contributed by atoms with Crippen LogP contribution in [0.15, 0.2) is 72.8 Å². The molecule has 3 rings (SSSR count). The second-order valence-corrected chi connectivity index (χ2v) is 12.2. The number of amides is 2. The van der Waals surface area contributed by atoms with Crippen molar-refractivity contribution in [1.82, 2.24) is 10.2 Å². The number of carbonyl (C=O) groups excluding carboxylic acids is 2. The van der Waals surface area contributed by atoms with E-state index in [0.29, 0.717) is 17.0 Å². The topological polar surface area (TPSA) is 86.8 Å². The molecule has 10 heteroatoms. The number of benzene rings is 3. The van der Waals surface area contributed by atoms with Crippen molar-refractivity contribution < 1.29 is 22.4 Å². The lowest BCUT2D eigenvalue weighted by atomic mass is 10.0. The Bertz CT molecular complexity index is 1420. The first-order valence-electron chi connectivity index (χ1n) is 13.0. The maximum Gasteiger partial charge on any atom is 0.244 e. The summed E-state index contributed by atoms with van der Waals surface area (Å²) in [6, 6.07) is 18.5. The minimum absolute atomic E-state index is 0.0310. The fraction of sp³-hybridized carbons (Fsp3) is 0.333. The Balaban J connectivity index is 2.06. The highest BCUT2D eigenvalue weighted by Crippen LogP contribution is 2.26. The van der Waals surface area contributed by atoms with Gasteiger partial charge in [-0.3, -0.25) is 13.9 Å². The molecule has 1 N–H and O–H groups in total. The van der Waals surface area contributed by atoms with Gasteiger partial charge >= 0.3 is 0 Å². The number of nitrogens with zero attached hydrogens (tertiary/aromatic N) is 2. The van der Waals surface area contributed by atoms with Crippen molar-refractivity contribution in [3.8, 4) is 0 Å². The van der Waals surface area contributed by atoms with Crippen molar-refractivity contribution in [2.45, 2.75) is 52.2 Å². The predicted octanol–water partition coefficient (Wildman–Crippen LogP) is 5.11. The molecule has 0 radical (unpaired) electrons. The standard InChI is InChI=1S/C30H35ClFN3O4S/c1-5-22(3)33-30(37)28(17-23-9-7-6-8-10-23)34(19-24-12-14-25(32)15-13-24)29(36)20-35(40(4,38)39)26-16-11-21(2)27(31)18-26/h6-16,18,22,28H,5,17,19-20H2,1-4H3,(H,33,37)/t22-,28+/m0/s1. The number of carbonyl (C=O) groups is 2. The third-order valence-electron chi connectivity index (χ3n) is 6.66. The van der Waals surface area contributed by atoms with Gasteiger partial charge in [0.2, 0.25) is 21.8 Å². The first-order valence-corrected chi connectivity index (χ1v) is 15.2. The highest BCUT2D eigenvalue weighted by molar-refractivity contribution is 7.92. The number of halogens is 2. The smallest absolute Gasteiger partial charge is 0.244 e. The van der Waals surface area contributed by atoms with Crippen LogP contribution in [0.2, 0.25) is 5.02 Å². The van der Waals surface area contributed by atoms with Crippen LogP contribution in [-0.4, -0.2) is 50.0 Å². The van der Waals surface area contributed by atoms with E-state index in [1.54, 1.807) is 19.1 Å². The largest absolute Gasteiger partial charge is 0.352 e. The number of sulfonamides is 1. The van der Waals surface area contributed by atoms with E-state index < -0.39 is 34.3 Å². The molecule has 0 aliphatic carbocycles. The van der Waals surface area contributed by atoms with Gasteiger partial charge in [0, 0.05) is 24.0 Å². The maximum atomic E-state index is 14.0.